The van der Waals surface area contributed by atoms with Crippen LogP contribution in [0.25, 0.3) is 11.3 Å². The highest BCUT2D eigenvalue weighted by Gasteiger charge is 2.19. The molecule has 4 nitrogen and oxygen atoms in total. The quantitative estimate of drug-likeness (QED) is 0.778. The van der Waals surface area contributed by atoms with Gasteiger partial charge in [-0.3, -0.25) is 9.78 Å². The number of H-pyrrole nitrogens is 1. The summed E-state index contributed by atoms with van der Waals surface area (Å²) in [5.74, 6) is -0.0133. The van der Waals surface area contributed by atoms with Gasteiger partial charge in [0.2, 0.25) is 0 Å². The molecule has 1 aromatic carbocycles. The molecule has 0 aliphatic carbocycles. The fraction of sp³-hybridized carbons (Fsp3) is 0.200. The fourth-order valence-electron chi connectivity index (χ4n) is 2.65. The van der Waals surface area contributed by atoms with Crippen molar-refractivity contribution in [3.05, 3.63) is 78.2 Å². The molecule has 3 aromatic rings. The summed E-state index contributed by atoms with van der Waals surface area (Å²) >= 11 is 0. The molecule has 1 amide bonds. The molecule has 2 aromatic heterocycles. The van der Waals surface area contributed by atoms with Gasteiger partial charge in [-0.15, -0.1) is 0 Å². The third-order valence-electron chi connectivity index (χ3n) is 4.21. The summed E-state index contributed by atoms with van der Waals surface area (Å²) in [6.07, 6.45) is 2.51. The molecule has 1 N–H and O–H groups in total. The van der Waals surface area contributed by atoms with E-state index in [1.165, 1.54) is 0 Å². The zero-order chi connectivity index (χ0) is 16.9. The lowest BCUT2D eigenvalue weighted by molar-refractivity contribution is 0.0738. The van der Waals surface area contributed by atoms with Crippen molar-refractivity contribution in [2.24, 2.45) is 0 Å². The summed E-state index contributed by atoms with van der Waals surface area (Å²) in [6, 6.07) is 19.7. The number of likely N-dealkylation sites (N-methyl/N-ethyl adjacent to an activating group) is 1. The molecule has 0 aliphatic heterocycles. The summed E-state index contributed by atoms with van der Waals surface area (Å²) in [6.45, 7) is 2.04. The van der Waals surface area contributed by atoms with E-state index in [2.05, 4.69) is 9.97 Å². The van der Waals surface area contributed by atoms with Gasteiger partial charge in [0.1, 0.15) is 5.69 Å². The maximum absolute atomic E-state index is 12.7. The lowest BCUT2D eigenvalue weighted by atomic mass is 10.1. The number of hydrogen-bond donors (Lipinski definition) is 1. The minimum absolute atomic E-state index is 0.0133. The molecule has 0 bridgehead atoms. The first-order valence-corrected chi connectivity index (χ1v) is 8.06. The fourth-order valence-corrected chi connectivity index (χ4v) is 2.65. The molecule has 122 valence electrons. The molecule has 0 radical (unpaired) electrons. The summed E-state index contributed by atoms with van der Waals surface area (Å²) < 4.78 is 0. The zero-order valence-corrected chi connectivity index (χ0v) is 13.9. The van der Waals surface area contributed by atoms with Gasteiger partial charge in [0, 0.05) is 37.1 Å². The number of aromatic nitrogens is 2. The second kappa shape index (κ2) is 7.13. The number of hydrogen-bond acceptors (Lipinski definition) is 2. The van der Waals surface area contributed by atoms with Gasteiger partial charge in [-0.25, -0.2) is 0 Å². The summed E-state index contributed by atoms with van der Waals surface area (Å²) in [4.78, 5) is 22.0. The van der Waals surface area contributed by atoms with Gasteiger partial charge in [0.25, 0.3) is 5.91 Å². The Morgan fingerprint density at radius 2 is 1.83 bits per heavy atom. The van der Waals surface area contributed by atoms with E-state index in [1.807, 2.05) is 74.6 Å². The van der Waals surface area contributed by atoms with Crippen LogP contribution >= 0.6 is 0 Å². The largest absolute Gasteiger partial charge is 0.351 e. The van der Waals surface area contributed by atoms with Crippen molar-refractivity contribution < 1.29 is 4.79 Å². The molecule has 1 atom stereocenters. The smallest absolute Gasteiger partial charge is 0.270 e. The van der Waals surface area contributed by atoms with Gasteiger partial charge in [0.05, 0.1) is 0 Å². The number of pyridine rings is 1. The van der Waals surface area contributed by atoms with Crippen LogP contribution in [0.3, 0.4) is 0 Å². The second-order valence-electron chi connectivity index (χ2n) is 5.94. The van der Waals surface area contributed by atoms with Gasteiger partial charge < -0.3 is 9.88 Å². The van der Waals surface area contributed by atoms with Crippen molar-refractivity contribution in [2.75, 3.05) is 7.05 Å². The van der Waals surface area contributed by atoms with Gasteiger partial charge in [-0.2, -0.15) is 0 Å². The predicted octanol–water partition coefficient (Wildman–Crippen LogP) is 3.78. The highest BCUT2D eigenvalue weighted by Crippen LogP contribution is 2.19. The number of aromatic amines is 1. The maximum Gasteiger partial charge on any atom is 0.270 e. The third-order valence-corrected chi connectivity index (χ3v) is 4.21. The van der Waals surface area contributed by atoms with Crippen LogP contribution in [0, 0.1) is 0 Å². The average Bonchev–Trinajstić information content (AvgIpc) is 3.12. The van der Waals surface area contributed by atoms with Crippen LogP contribution in [0.4, 0.5) is 0 Å². The van der Waals surface area contributed by atoms with E-state index in [1.54, 1.807) is 11.1 Å². The van der Waals surface area contributed by atoms with E-state index in [4.69, 9.17) is 0 Å². The second-order valence-corrected chi connectivity index (χ2v) is 5.94. The molecule has 0 aliphatic rings. The van der Waals surface area contributed by atoms with Crippen molar-refractivity contribution >= 4 is 5.91 Å². The number of nitrogens with one attached hydrogen (secondary N) is 1. The number of carbonyl (C=O) groups excluding carboxylic acids is 1. The van der Waals surface area contributed by atoms with Crippen molar-refractivity contribution in [2.45, 2.75) is 19.4 Å². The zero-order valence-electron chi connectivity index (χ0n) is 13.9. The van der Waals surface area contributed by atoms with Gasteiger partial charge in [-0.1, -0.05) is 36.4 Å². The van der Waals surface area contributed by atoms with E-state index in [9.17, 15) is 4.79 Å². The molecular formula is C20H21N3O. The number of rotatable bonds is 5. The van der Waals surface area contributed by atoms with E-state index in [-0.39, 0.29) is 11.9 Å². The number of benzene rings is 1. The number of amides is 1. The van der Waals surface area contributed by atoms with Crippen LogP contribution in [0.1, 0.15) is 23.1 Å². The number of carbonyl (C=O) groups is 1. The van der Waals surface area contributed by atoms with Crippen LogP contribution in [-0.4, -0.2) is 33.9 Å². The molecule has 0 saturated carbocycles. The number of nitrogens with zero attached hydrogens (tertiary/aromatic N) is 2. The lowest BCUT2D eigenvalue weighted by Gasteiger charge is -2.24. The highest BCUT2D eigenvalue weighted by atomic mass is 16.2. The first-order chi connectivity index (χ1) is 11.6. The normalized spacial score (nSPS) is 11.9. The molecule has 0 unspecified atom stereocenters. The van der Waals surface area contributed by atoms with E-state index in [0.717, 1.165) is 23.4 Å². The molecule has 0 fully saturated rings. The van der Waals surface area contributed by atoms with Crippen molar-refractivity contribution in [1.82, 2.24) is 14.9 Å². The Morgan fingerprint density at radius 3 is 2.54 bits per heavy atom. The lowest BCUT2D eigenvalue weighted by Crippen LogP contribution is -2.36. The van der Waals surface area contributed by atoms with Gasteiger partial charge in [0.15, 0.2) is 0 Å². The standard InChI is InChI=1S/C20H21N3O/c1-15(14-17-10-6-7-13-21-17)23(2)20(24)19-12-11-18(22-19)16-8-4-3-5-9-16/h3-13,15,22H,14H2,1-2H3/t15-/m0/s1. The van der Waals surface area contributed by atoms with Crippen molar-refractivity contribution in [3.63, 3.8) is 0 Å². The van der Waals surface area contributed by atoms with E-state index in [0.29, 0.717) is 5.69 Å². The molecule has 0 spiro atoms. The summed E-state index contributed by atoms with van der Waals surface area (Å²) in [7, 11) is 1.83. The van der Waals surface area contributed by atoms with Gasteiger partial charge >= 0.3 is 0 Å². The average molecular weight is 319 g/mol. The van der Waals surface area contributed by atoms with Crippen LogP contribution in [0.5, 0.6) is 0 Å². The molecule has 24 heavy (non-hydrogen) atoms. The molecule has 3 rings (SSSR count). The Morgan fingerprint density at radius 1 is 1.08 bits per heavy atom. The van der Waals surface area contributed by atoms with Crippen LogP contribution in [-0.2, 0) is 6.42 Å². The van der Waals surface area contributed by atoms with Crippen LogP contribution < -0.4 is 0 Å². The SMILES string of the molecule is C[C@@H](Cc1ccccn1)N(C)C(=O)c1ccc(-c2ccccc2)[nH]1. The first kappa shape index (κ1) is 16.0. The van der Waals surface area contributed by atoms with Crippen LogP contribution in [0.2, 0.25) is 0 Å². The topological polar surface area (TPSA) is 49.0 Å². The van der Waals surface area contributed by atoms with E-state index < -0.39 is 0 Å². The van der Waals surface area contributed by atoms with Gasteiger partial charge in [-0.05, 0) is 36.8 Å². The maximum atomic E-state index is 12.7. The highest BCUT2D eigenvalue weighted by molar-refractivity contribution is 5.93. The molecule has 4 heteroatoms. The Bertz CT molecular complexity index is 796. The molecular weight excluding hydrogens is 298 g/mol. The predicted molar refractivity (Wildman–Crippen MR) is 95.7 cm³/mol. The molecule has 0 saturated heterocycles. The Kier molecular flexibility index (Phi) is 4.75. The van der Waals surface area contributed by atoms with Crippen molar-refractivity contribution in [1.29, 1.82) is 0 Å². The minimum atomic E-state index is -0.0133. The van der Waals surface area contributed by atoms with Crippen LogP contribution in [0.15, 0.2) is 66.9 Å². The Labute approximate surface area is 142 Å². The Balaban J connectivity index is 1.71. The Hall–Kier alpha value is -2.88. The van der Waals surface area contributed by atoms with E-state index >= 15 is 0 Å². The third kappa shape index (κ3) is 3.54. The summed E-state index contributed by atoms with van der Waals surface area (Å²) in [5.41, 5.74) is 3.61. The molecule has 2 heterocycles. The minimum Gasteiger partial charge on any atom is -0.351 e. The summed E-state index contributed by atoms with van der Waals surface area (Å²) in [5, 5.41) is 0. The van der Waals surface area contributed by atoms with Crippen molar-refractivity contribution in [3.8, 4) is 11.3 Å². The first-order valence-electron chi connectivity index (χ1n) is 8.06. The monoisotopic (exact) mass is 319 g/mol.